The smallest absolute Gasteiger partial charge is 0.193 e. The molecule has 1 saturated heterocycles. The van der Waals surface area contributed by atoms with Gasteiger partial charge in [0.15, 0.2) is 5.96 Å². The van der Waals surface area contributed by atoms with Gasteiger partial charge in [0.05, 0.1) is 0 Å². The summed E-state index contributed by atoms with van der Waals surface area (Å²) < 4.78 is 0. The molecule has 4 nitrogen and oxygen atoms in total. The largest absolute Gasteiger partial charge is 0.371 e. The SMILES string of the molecule is Cc1cc(C)cc(NC(N)=NCC2CCN(c3ccccc3)C2)c1.I. The van der Waals surface area contributed by atoms with E-state index in [2.05, 4.69) is 77.6 Å². The van der Waals surface area contributed by atoms with Crippen LogP contribution in [0.5, 0.6) is 0 Å². The van der Waals surface area contributed by atoms with Crippen molar-refractivity contribution < 1.29 is 0 Å². The van der Waals surface area contributed by atoms with Gasteiger partial charge in [0.2, 0.25) is 0 Å². The molecule has 2 aromatic carbocycles. The fourth-order valence-corrected chi connectivity index (χ4v) is 3.32. The highest BCUT2D eigenvalue weighted by Gasteiger charge is 2.22. The lowest BCUT2D eigenvalue weighted by atomic mass is 10.1. The highest BCUT2D eigenvalue weighted by atomic mass is 127. The molecule has 0 spiro atoms. The Kier molecular flexibility index (Phi) is 7.11. The second kappa shape index (κ2) is 9.08. The van der Waals surface area contributed by atoms with Crippen LogP contribution in [0.1, 0.15) is 17.5 Å². The summed E-state index contributed by atoms with van der Waals surface area (Å²) in [6.07, 6.45) is 1.16. The van der Waals surface area contributed by atoms with E-state index in [1.807, 2.05) is 0 Å². The number of anilines is 2. The molecule has 25 heavy (non-hydrogen) atoms. The monoisotopic (exact) mass is 450 g/mol. The number of halogens is 1. The molecule has 5 heteroatoms. The summed E-state index contributed by atoms with van der Waals surface area (Å²) in [4.78, 5) is 6.97. The first kappa shape index (κ1) is 19.6. The third-order valence-corrected chi connectivity index (χ3v) is 4.42. The molecule has 1 fully saturated rings. The molecule has 0 aromatic heterocycles. The first-order chi connectivity index (χ1) is 11.6. The zero-order valence-corrected chi connectivity index (χ0v) is 17.2. The second-order valence-corrected chi connectivity index (χ2v) is 6.66. The maximum Gasteiger partial charge on any atom is 0.193 e. The number of hydrogen-bond acceptors (Lipinski definition) is 2. The van der Waals surface area contributed by atoms with E-state index in [0.29, 0.717) is 11.9 Å². The van der Waals surface area contributed by atoms with E-state index in [1.165, 1.54) is 16.8 Å². The van der Waals surface area contributed by atoms with Crippen molar-refractivity contribution in [3.63, 3.8) is 0 Å². The van der Waals surface area contributed by atoms with E-state index < -0.39 is 0 Å². The van der Waals surface area contributed by atoms with Gasteiger partial charge in [0.25, 0.3) is 0 Å². The van der Waals surface area contributed by atoms with Crippen LogP contribution in [0, 0.1) is 19.8 Å². The number of aliphatic imine (C=N–C) groups is 1. The molecule has 1 unspecified atom stereocenters. The Morgan fingerprint density at radius 2 is 1.84 bits per heavy atom. The Hall–Kier alpha value is -1.76. The van der Waals surface area contributed by atoms with Crippen molar-refractivity contribution in [2.75, 3.05) is 29.9 Å². The quantitative estimate of drug-likeness (QED) is 0.418. The third-order valence-electron chi connectivity index (χ3n) is 4.42. The summed E-state index contributed by atoms with van der Waals surface area (Å²) in [6, 6.07) is 16.9. The van der Waals surface area contributed by atoms with E-state index in [0.717, 1.165) is 31.7 Å². The Labute approximate surface area is 167 Å². The molecular weight excluding hydrogens is 423 g/mol. The number of aryl methyl sites for hydroxylation is 2. The molecule has 1 aliphatic rings. The van der Waals surface area contributed by atoms with Gasteiger partial charge in [-0.25, -0.2) is 0 Å². The number of benzene rings is 2. The van der Waals surface area contributed by atoms with Crippen LogP contribution in [-0.4, -0.2) is 25.6 Å². The molecule has 3 N–H and O–H groups in total. The molecule has 1 aliphatic heterocycles. The Morgan fingerprint density at radius 3 is 2.52 bits per heavy atom. The van der Waals surface area contributed by atoms with E-state index in [1.54, 1.807) is 0 Å². The number of para-hydroxylation sites is 1. The van der Waals surface area contributed by atoms with Gasteiger partial charge in [-0.2, -0.15) is 0 Å². The van der Waals surface area contributed by atoms with Crippen LogP contribution in [0.3, 0.4) is 0 Å². The van der Waals surface area contributed by atoms with Crippen LogP contribution in [0.2, 0.25) is 0 Å². The Bertz CT molecular complexity index is 695. The van der Waals surface area contributed by atoms with Gasteiger partial charge >= 0.3 is 0 Å². The topological polar surface area (TPSA) is 53.6 Å². The molecule has 1 heterocycles. The lowest BCUT2D eigenvalue weighted by Crippen LogP contribution is -2.25. The summed E-state index contributed by atoms with van der Waals surface area (Å²) in [7, 11) is 0. The van der Waals surface area contributed by atoms with E-state index >= 15 is 0 Å². The summed E-state index contributed by atoms with van der Waals surface area (Å²) in [6.45, 7) is 7.08. The minimum absolute atomic E-state index is 0. The summed E-state index contributed by atoms with van der Waals surface area (Å²) >= 11 is 0. The summed E-state index contributed by atoms with van der Waals surface area (Å²) in [5, 5.41) is 3.20. The van der Waals surface area contributed by atoms with Gasteiger partial charge in [-0.05, 0) is 61.6 Å². The van der Waals surface area contributed by atoms with Crippen LogP contribution in [0.4, 0.5) is 11.4 Å². The standard InChI is InChI=1S/C20H26N4.HI/c1-15-10-16(2)12-18(11-15)23-20(21)22-13-17-8-9-24(14-17)19-6-4-3-5-7-19;/h3-7,10-12,17H,8-9,13-14H2,1-2H3,(H3,21,22,23);1H. The van der Waals surface area contributed by atoms with Crippen molar-refractivity contribution in [1.29, 1.82) is 0 Å². The molecule has 2 aromatic rings. The van der Waals surface area contributed by atoms with Crippen LogP contribution in [-0.2, 0) is 0 Å². The molecular formula is C20H27IN4. The van der Waals surface area contributed by atoms with Gasteiger partial charge in [-0.15, -0.1) is 24.0 Å². The minimum Gasteiger partial charge on any atom is -0.371 e. The fourth-order valence-electron chi connectivity index (χ4n) is 3.32. The molecule has 0 radical (unpaired) electrons. The van der Waals surface area contributed by atoms with Crippen LogP contribution < -0.4 is 16.0 Å². The number of rotatable bonds is 4. The number of nitrogens with zero attached hydrogens (tertiary/aromatic N) is 2. The first-order valence-corrected chi connectivity index (χ1v) is 8.55. The van der Waals surface area contributed by atoms with Gasteiger partial charge < -0.3 is 16.0 Å². The van der Waals surface area contributed by atoms with Crippen molar-refractivity contribution in [1.82, 2.24) is 0 Å². The highest BCUT2D eigenvalue weighted by Crippen LogP contribution is 2.23. The van der Waals surface area contributed by atoms with Crippen molar-refractivity contribution >= 4 is 41.3 Å². The van der Waals surface area contributed by atoms with Crippen LogP contribution in [0.15, 0.2) is 53.5 Å². The number of guanidine groups is 1. The Balaban J connectivity index is 0.00000225. The number of nitrogens with two attached hydrogens (primary N) is 1. The van der Waals surface area contributed by atoms with Crippen molar-refractivity contribution in [3.05, 3.63) is 59.7 Å². The summed E-state index contributed by atoms with van der Waals surface area (Å²) in [5.41, 5.74) is 10.8. The zero-order chi connectivity index (χ0) is 16.9. The van der Waals surface area contributed by atoms with Gasteiger partial charge in [0, 0.05) is 31.0 Å². The highest BCUT2D eigenvalue weighted by molar-refractivity contribution is 14.0. The van der Waals surface area contributed by atoms with Gasteiger partial charge in [0.1, 0.15) is 0 Å². The summed E-state index contributed by atoms with van der Waals surface area (Å²) in [5.74, 6) is 1.06. The molecule has 134 valence electrons. The molecule has 1 atom stereocenters. The van der Waals surface area contributed by atoms with E-state index in [9.17, 15) is 0 Å². The molecule has 0 saturated carbocycles. The van der Waals surface area contributed by atoms with Gasteiger partial charge in [-0.1, -0.05) is 24.3 Å². The normalized spacial score (nSPS) is 17.3. The van der Waals surface area contributed by atoms with Gasteiger partial charge in [-0.3, -0.25) is 4.99 Å². The molecule has 0 aliphatic carbocycles. The zero-order valence-electron chi connectivity index (χ0n) is 14.9. The van der Waals surface area contributed by atoms with Crippen molar-refractivity contribution in [3.8, 4) is 0 Å². The lowest BCUT2D eigenvalue weighted by molar-refractivity contribution is 0.603. The Morgan fingerprint density at radius 1 is 1.16 bits per heavy atom. The predicted molar refractivity (Wildman–Crippen MR) is 118 cm³/mol. The maximum atomic E-state index is 6.06. The van der Waals surface area contributed by atoms with Crippen molar-refractivity contribution in [2.45, 2.75) is 20.3 Å². The number of hydrogen-bond donors (Lipinski definition) is 2. The number of nitrogens with one attached hydrogen (secondary N) is 1. The van der Waals surface area contributed by atoms with Crippen LogP contribution >= 0.6 is 24.0 Å². The lowest BCUT2D eigenvalue weighted by Gasteiger charge is -2.18. The molecule has 0 amide bonds. The van der Waals surface area contributed by atoms with E-state index in [4.69, 9.17) is 5.73 Å². The predicted octanol–water partition coefficient (Wildman–Crippen LogP) is 4.17. The third kappa shape index (κ3) is 5.63. The second-order valence-electron chi connectivity index (χ2n) is 6.66. The molecule has 3 rings (SSSR count). The maximum absolute atomic E-state index is 6.06. The minimum atomic E-state index is 0. The van der Waals surface area contributed by atoms with Crippen molar-refractivity contribution in [2.24, 2.45) is 16.6 Å². The molecule has 0 bridgehead atoms. The first-order valence-electron chi connectivity index (χ1n) is 8.55. The average Bonchev–Trinajstić information content (AvgIpc) is 3.02. The van der Waals surface area contributed by atoms with E-state index in [-0.39, 0.29) is 24.0 Å². The van der Waals surface area contributed by atoms with Crippen LogP contribution in [0.25, 0.3) is 0 Å². The average molecular weight is 450 g/mol. The fraction of sp³-hybridized carbons (Fsp3) is 0.350.